The van der Waals surface area contributed by atoms with Gasteiger partial charge in [-0.1, -0.05) is 54.6 Å². The largest absolute Gasteiger partial charge is 0.361 e. The molecule has 2 heterocycles. The van der Waals surface area contributed by atoms with Gasteiger partial charge in [-0.3, -0.25) is 9.59 Å². The van der Waals surface area contributed by atoms with Gasteiger partial charge in [0.2, 0.25) is 11.8 Å². The highest BCUT2D eigenvalue weighted by atomic mass is 16.2. The van der Waals surface area contributed by atoms with E-state index in [9.17, 15) is 9.59 Å². The molecule has 1 aliphatic rings. The summed E-state index contributed by atoms with van der Waals surface area (Å²) in [5.41, 5.74) is 4.51. The van der Waals surface area contributed by atoms with Crippen molar-refractivity contribution in [3.05, 3.63) is 84.1 Å². The molecule has 5 heteroatoms. The highest BCUT2D eigenvalue weighted by Crippen LogP contribution is 2.29. The van der Waals surface area contributed by atoms with Gasteiger partial charge >= 0.3 is 0 Å². The second kappa shape index (κ2) is 8.82. The number of para-hydroxylation sites is 1. The van der Waals surface area contributed by atoms with Crippen LogP contribution in [0.4, 0.5) is 0 Å². The first-order valence-corrected chi connectivity index (χ1v) is 10.2. The van der Waals surface area contributed by atoms with E-state index in [0.29, 0.717) is 13.1 Å². The lowest BCUT2D eigenvalue weighted by Gasteiger charge is -2.29. The molecule has 0 saturated carbocycles. The number of nitrogens with zero attached hydrogens (tertiary/aromatic N) is 1. The Morgan fingerprint density at radius 3 is 2.63 bits per heavy atom. The van der Waals surface area contributed by atoms with E-state index >= 15 is 0 Å². The fourth-order valence-corrected chi connectivity index (χ4v) is 3.78. The van der Waals surface area contributed by atoms with Crippen LogP contribution in [0.25, 0.3) is 22.6 Å². The molecule has 0 bridgehead atoms. The molecule has 2 aromatic carbocycles. The number of aromatic nitrogens is 1. The number of hydrogen-bond donors (Lipinski definition) is 2. The Hall–Kier alpha value is -3.60. The zero-order chi connectivity index (χ0) is 20.9. The summed E-state index contributed by atoms with van der Waals surface area (Å²) in [6.45, 7) is 2.92. The Kier molecular flexibility index (Phi) is 5.80. The van der Waals surface area contributed by atoms with E-state index in [0.717, 1.165) is 17.5 Å². The highest BCUT2D eigenvalue weighted by Gasteiger charge is 2.24. The normalized spacial score (nSPS) is 15.2. The lowest BCUT2D eigenvalue weighted by atomic mass is 9.98. The van der Waals surface area contributed by atoms with Crippen molar-refractivity contribution in [1.29, 1.82) is 0 Å². The fourth-order valence-electron chi connectivity index (χ4n) is 3.78. The zero-order valence-corrected chi connectivity index (χ0v) is 17.0. The van der Waals surface area contributed by atoms with Crippen LogP contribution in [0.15, 0.2) is 72.9 Å². The van der Waals surface area contributed by atoms with Crippen LogP contribution in [0, 0.1) is 0 Å². The molecule has 0 fully saturated rings. The number of H-pyrrole nitrogens is 1. The van der Waals surface area contributed by atoms with Crippen molar-refractivity contribution >= 4 is 34.4 Å². The number of carbonyl (C=O) groups excluding carboxylic acids is 2. The molecule has 30 heavy (non-hydrogen) atoms. The predicted octanol–water partition coefficient (Wildman–Crippen LogP) is 4.00. The average molecular weight is 399 g/mol. The standard InChI is InChI=1S/C25H25N3O2/c1-18(27-24(29)12-11-19-7-3-2-4-8-19)25(30)28-15-13-20(14-16-28)22-17-26-23-10-6-5-9-21(22)23/h2-13,17-18,26H,14-16H2,1H3,(H,27,29). The van der Waals surface area contributed by atoms with Crippen molar-refractivity contribution in [2.45, 2.75) is 19.4 Å². The van der Waals surface area contributed by atoms with Crippen molar-refractivity contribution in [3.63, 3.8) is 0 Å². The molecule has 2 N–H and O–H groups in total. The van der Waals surface area contributed by atoms with Crippen LogP contribution in [-0.4, -0.2) is 40.8 Å². The Balaban J connectivity index is 1.35. The van der Waals surface area contributed by atoms with E-state index in [4.69, 9.17) is 0 Å². The van der Waals surface area contributed by atoms with Gasteiger partial charge < -0.3 is 15.2 Å². The molecule has 4 rings (SSSR count). The number of amides is 2. The van der Waals surface area contributed by atoms with E-state index in [-0.39, 0.29) is 11.8 Å². The molecular weight excluding hydrogens is 374 g/mol. The van der Waals surface area contributed by atoms with Crippen LogP contribution in [0.5, 0.6) is 0 Å². The first kappa shape index (κ1) is 19.7. The molecule has 0 saturated heterocycles. The van der Waals surface area contributed by atoms with Crippen LogP contribution >= 0.6 is 0 Å². The monoisotopic (exact) mass is 399 g/mol. The molecular formula is C25H25N3O2. The minimum Gasteiger partial charge on any atom is -0.361 e. The van der Waals surface area contributed by atoms with E-state index < -0.39 is 6.04 Å². The van der Waals surface area contributed by atoms with Crippen LogP contribution in [0.1, 0.15) is 24.5 Å². The van der Waals surface area contributed by atoms with Gasteiger partial charge in [0.15, 0.2) is 0 Å². The third-order valence-corrected chi connectivity index (χ3v) is 5.41. The lowest BCUT2D eigenvalue weighted by Crippen LogP contribution is -2.47. The number of carbonyl (C=O) groups is 2. The van der Waals surface area contributed by atoms with Gasteiger partial charge in [0.1, 0.15) is 6.04 Å². The average Bonchev–Trinajstić information content (AvgIpc) is 3.22. The first-order valence-electron chi connectivity index (χ1n) is 10.2. The second-order valence-corrected chi connectivity index (χ2v) is 7.49. The van der Waals surface area contributed by atoms with Crippen molar-refractivity contribution < 1.29 is 9.59 Å². The molecule has 3 aromatic rings. The van der Waals surface area contributed by atoms with E-state index in [2.05, 4.69) is 28.5 Å². The fraction of sp³-hybridized carbons (Fsp3) is 0.200. The van der Waals surface area contributed by atoms with Crippen LogP contribution < -0.4 is 5.32 Å². The van der Waals surface area contributed by atoms with Gasteiger partial charge in [0, 0.05) is 41.8 Å². The molecule has 1 atom stereocenters. The lowest BCUT2D eigenvalue weighted by molar-refractivity contribution is -0.134. The van der Waals surface area contributed by atoms with Crippen molar-refractivity contribution in [2.75, 3.05) is 13.1 Å². The minimum absolute atomic E-state index is 0.0642. The number of nitrogens with one attached hydrogen (secondary N) is 2. The van der Waals surface area contributed by atoms with Gasteiger partial charge in [-0.2, -0.15) is 0 Å². The smallest absolute Gasteiger partial charge is 0.245 e. The quantitative estimate of drug-likeness (QED) is 0.637. The van der Waals surface area contributed by atoms with Gasteiger partial charge in [-0.15, -0.1) is 0 Å². The summed E-state index contributed by atoms with van der Waals surface area (Å²) >= 11 is 0. The van der Waals surface area contributed by atoms with Gasteiger partial charge in [-0.25, -0.2) is 0 Å². The molecule has 0 aliphatic carbocycles. The van der Waals surface area contributed by atoms with E-state index in [1.807, 2.05) is 48.7 Å². The van der Waals surface area contributed by atoms with Crippen molar-refractivity contribution in [3.8, 4) is 0 Å². The van der Waals surface area contributed by atoms with Crippen molar-refractivity contribution in [2.24, 2.45) is 0 Å². The molecule has 1 aliphatic heterocycles. The molecule has 0 radical (unpaired) electrons. The van der Waals surface area contributed by atoms with Gasteiger partial charge in [-0.05, 0) is 36.6 Å². The van der Waals surface area contributed by atoms with Crippen molar-refractivity contribution in [1.82, 2.24) is 15.2 Å². The summed E-state index contributed by atoms with van der Waals surface area (Å²) < 4.78 is 0. The highest BCUT2D eigenvalue weighted by molar-refractivity contribution is 5.96. The summed E-state index contributed by atoms with van der Waals surface area (Å²) in [5.74, 6) is -0.336. The molecule has 5 nitrogen and oxygen atoms in total. The Morgan fingerprint density at radius 2 is 1.87 bits per heavy atom. The minimum atomic E-state index is -0.569. The number of fused-ring (bicyclic) bond motifs is 1. The van der Waals surface area contributed by atoms with Gasteiger partial charge in [0.05, 0.1) is 0 Å². The summed E-state index contributed by atoms with van der Waals surface area (Å²) in [7, 11) is 0. The van der Waals surface area contributed by atoms with E-state index in [1.165, 1.54) is 22.6 Å². The summed E-state index contributed by atoms with van der Waals surface area (Å²) in [6, 6.07) is 17.3. The predicted molar refractivity (Wildman–Crippen MR) is 121 cm³/mol. The summed E-state index contributed by atoms with van der Waals surface area (Å²) in [5, 5.41) is 3.97. The third kappa shape index (κ3) is 4.35. The molecule has 1 unspecified atom stereocenters. The maximum atomic E-state index is 12.8. The Morgan fingerprint density at radius 1 is 1.10 bits per heavy atom. The second-order valence-electron chi connectivity index (χ2n) is 7.49. The molecule has 152 valence electrons. The SMILES string of the molecule is CC(NC(=O)C=Cc1ccccc1)C(=O)N1CC=C(c2c[nH]c3ccccc23)CC1. The number of aromatic amines is 1. The van der Waals surface area contributed by atoms with Gasteiger partial charge in [0.25, 0.3) is 0 Å². The zero-order valence-electron chi connectivity index (χ0n) is 17.0. The Bertz CT molecular complexity index is 1110. The molecule has 0 spiro atoms. The topological polar surface area (TPSA) is 65.2 Å². The Labute approximate surface area is 176 Å². The maximum absolute atomic E-state index is 12.8. The van der Waals surface area contributed by atoms with Crippen LogP contribution in [0.2, 0.25) is 0 Å². The number of hydrogen-bond acceptors (Lipinski definition) is 2. The van der Waals surface area contributed by atoms with E-state index in [1.54, 1.807) is 17.9 Å². The molecule has 2 amide bonds. The summed E-state index contributed by atoms with van der Waals surface area (Å²) in [6.07, 6.45) is 8.15. The number of benzene rings is 2. The van der Waals surface area contributed by atoms with Crippen LogP contribution in [-0.2, 0) is 9.59 Å². The third-order valence-electron chi connectivity index (χ3n) is 5.41. The summed E-state index contributed by atoms with van der Waals surface area (Å²) in [4.78, 5) is 30.0. The first-order chi connectivity index (χ1) is 14.6. The van der Waals surface area contributed by atoms with Crippen LogP contribution in [0.3, 0.4) is 0 Å². The molecule has 1 aromatic heterocycles. The maximum Gasteiger partial charge on any atom is 0.245 e. The number of rotatable bonds is 5.